The fraction of sp³-hybridized carbons (Fsp3) is 0.0833. The fourth-order valence-corrected chi connectivity index (χ4v) is 3.97. The van der Waals surface area contributed by atoms with E-state index in [1.54, 1.807) is 24.3 Å². The average molecular weight is 532 g/mol. The van der Waals surface area contributed by atoms with E-state index in [4.69, 9.17) is 32.4 Å². The van der Waals surface area contributed by atoms with E-state index in [2.05, 4.69) is 26.5 Å². The van der Waals surface area contributed by atoms with Crippen molar-refractivity contribution in [1.82, 2.24) is 5.43 Å². The van der Waals surface area contributed by atoms with Crippen LogP contribution < -0.4 is 10.2 Å². The van der Waals surface area contributed by atoms with Gasteiger partial charge in [0.1, 0.15) is 12.2 Å². The average Bonchev–Trinajstić information content (AvgIpc) is 3.18. The van der Waals surface area contributed by atoms with E-state index >= 15 is 0 Å². The minimum absolute atomic E-state index is 0.158. The number of fused-ring (bicyclic) bond motifs is 1. The summed E-state index contributed by atoms with van der Waals surface area (Å²) in [4.78, 5) is 12.3. The summed E-state index contributed by atoms with van der Waals surface area (Å²) in [5.74, 6) is 0.0820. The topological polar surface area (TPSA) is 63.8 Å². The predicted octanol–water partition coefficient (Wildman–Crippen LogP) is 7.15. The van der Waals surface area contributed by atoms with Crippen LogP contribution >= 0.6 is 39.1 Å². The van der Waals surface area contributed by atoms with Crippen molar-refractivity contribution < 1.29 is 13.9 Å². The van der Waals surface area contributed by atoms with Crippen molar-refractivity contribution in [2.24, 2.45) is 5.10 Å². The number of amides is 1. The minimum atomic E-state index is -0.469. The Morgan fingerprint density at radius 3 is 2.53 bits per heavy atom. The summed E-state index contributed by atoms with van der Waals surface area (Å²) in [7, 11) is 0. The Kier molecular flexibility index (Phi) is 6.84. The summed E-state index contributed by atoms with van der Waals surface area (Å²) in [5, 5.41) is 5.48. The molecule has 0 aliphatic heterocycles. The van der Waals surface area contributed by atoms with Crippen LogP contribution in [-0.4, -0.2) is 12.1 Å². The number of carbonyl (C=O) groups is 1. The molecule has 1 heterocycles. The molecule has 0 fully saturated rings. The van der Waals surface area contributed by atoms with Gasteiger partial charge in [-0.25, -0.2) is 5.43 Å². The monoisotopic (exact) mass is 530 g/mol. The maximum Gasteiger partial charge on any atom is 0.307 e. The highest BCUT2D eigenvalue weighted by Gasteiger charge is 2.12. The molecule has 0 aliphatic carbocycles. The van der Waals surface area contributed by atoms with Gasteiger partial charge in [0.15, 0.2) is 11.5 Å². The molecule has 0 unspecified atom stereocenters. The van der Waals surface area contributed by atoms with Gasteiger partial charge in [-0.05, 0) is 54.4 Å². The van der Waals surface area contributed by atoms with Gasteiger partial charge in [0.2, 0.25) is 0 Å². The van der Waals surface area contributed by atoms with Gasteiger partial charge in [0.05, 0.1) is 16.3 Å². The van der Waals surface area contributed by atoms with Crippen LogP contribution in [0.25, 0.3) is 11.0 Å². The molecule has 0 bridgehead atoms. The van der Waals surface area contributed by atoms with Gasteiger partial charge in [-0.1, -0.05) is 69.0 Å². The number of halogens is 3. The van der Waals surface area contributed by atoms with Gasteiger partial charge in [-0.3, -0.25) is 4.79 Å². The summed E-state index contributed by atoms with van der Waals surface area (Å²) in [6.45, 7) is 2.37. The van der Waals surface area contributed by atoms with Crippen molar-refractivity contribution in [1.29, 1.82) is 0 Å². The van der Waals surface area contributed by atoms with Crippen LogP contribution in [-0.2, 0) is 6.61 Å². The quantitative estimate of drug-likeness (QED) is 0.212. The molecule has 1 amide bonds. The van der Waals surface area contributed by atoms with E-state index < -0.39 is 5.91 Å². The zero-order chi connectivity index (χ0) is 22.7. The maximum absolute atomic E-state index is 12.3. The molecule has 3 aromatic carbocycles. The first-order valence-corrected chi connectivity index (χ1v) is 11.1. The number of benzene rings is 3. The van der Waals surface area contributed by atoms with E-state index in [0.29, 0.717) is 33.5 Å². The van der Waals surface area contributed by atoms with Crippen LogP contribution in [0, 0.1) is 6.92 Å². The molecule has 162 valence electrons. The molecule has 8 heteroatoms. The number of hydrogen-bond donors (Lipinski definition) is 1. The zero-order valence-electron chi connectivity index (χ0n) is 16.9. The lowest BCUT2D eigenvalue weighted by molar-refractivity contribution is 0.0929. The number of aryl methyl sites for hydroxylation is 1. The van der Waals surface area contributed by atoms with Crippen molar-refractivity contribution in [2.75, 3.05) is 0 Å². The molecule has 4 aromatic rings. The second kappa shape index (κ2) is 9.77. The first-order chi connectivity index (χ1) is 15.4. The molecule has 0 saturated carbocycles. The lowest BCUT2D eigenvalue weighted by atomic mass is 10.2. The van der Waals surface area contributed by atoms with Crippen LogP contribution in [0.2, 0.25) is 10.0 Å². The second-order valence-electron chi connectivity index (χ2n) is 7.08. The molecule has 32 heavy (non-hydrogen) atoms. The normalized spacial score (nSPS) is 11.2. The molecule has 0 aliphatic rings. The van der Waals surface area contributed by atoms with Gasteiger partial charge in [-0.2, -0.15) is 5.10 Å². The molecule has 1 aromatic heterocycles. The first-order valence-electron chi connectivity index (χ1n) is 9.59. The third-order valence-corrected chi connectivity index (χ3v) is 5.66. The van der Waals surface area contributed by atoms with Gasteiger partial charge in [0, 0.05) is 9.86 Å². The molecule has 1 N–H and O–H groups in total. The van der Waals surface area contributed by atoms with E-state index in [1.807, 2.05) is 43.3 Å². The fourth-order valence-electron chi connectivity index (χ4n) is 2.98. The molecular weight excluding hydrogens is 515 g/mol. The van der Waals surface area contributed by atoms with Crippen molar-refractivity contribution in [3.8, 4) is 5.75 Å². The summed E-state index contributed by atoms with van der Waals surface area (Å²) in [5.41, 5.74) is 5.84. The number of hydrazone groups is 1. The Labute approximate surface area is 203 Å². The number of nitrogens with one attached hydrogen (secondary N) is 1. The summed E-state index contributed by atoms with van der Waals surface area (Å²) >= 11 is 16.1. The first kappa shape index (κ1) is 22.4. The largest absolute Gasteiger partial charge is 0.486 e. The van der Waals surface area contributed by atoms with E-state index in [9.17, 15) is 4.79 Å². The lowest BCUT2D eigenvalue weighted by Crippen LogP contribution is -2.16. The van der Waals surface area contributed by atoms with Gasteiger partial charge >= 0.3 is 5.91 Å². The smallest absolute Gasteiger partial charge is 0.307 e. The highest BCUT2D eigenvalue weighted by Crippen LogP contribution is 2.34. The summed E-state index contributed by atoms with van der Waals surface area (Å²) in [6, 6.07) is 18.5. The Bertz CT molecular complexity index is 1290. The van der Waals surface area contributed by atoms with Gasteiger partial charge < -0.3 is 9.15 Å². The molecule has 4 rings (SSSR count). The van der Waals surface area contributed by atoms with Crippen molar-refractivity contribution >= 4 is 62.2 Å². The minimum Gasteiger partial charge on any atom is -0.486 e. The molecule has 5 nitrogen and oxygen atoms in total. The Morgan fingerprint density at radius 2 is 1.81 bits per heavy atom. The van der Waals surface area contributed by atoms with Crippen molar-refractivity contribution in [2.45, 2.75) is 13.5 Å². The van der Waals surface area contributed by atoms with Crippen molar-refractivity contribution in [3.63, 3.8) is 0 Å². The van der Waals surface area contributed by atoms with Crippen LogP contribution in [0.3, 0.4) is 0 Å². The van der Waals surface area contributed by atoms with Crippen LogP contribution in [0.1, 0.15) is 27.2 Å². The van der Waals surface area contributed by atoms with Crippen LogP contribution in [0.4, 0.5) is 0 Å². The molecule has 0 saturated heterocycles. The third kappa shape index (κ3) is 5.33. The van der Waals surface area contributed by atoms with E-state index in [-0.39, 0.29) is 5.76 Å². The van der Waals surface area contributed by atoms with Gasteiger partial charge in [0.25, 0.3) is 0 Å². The predicted molar refractivity (Wildman–Crippen MR) is 131 cm³/mol. The maximum atomic E-state index is 12.3. The van der Waals surface area contributed by atoms with Crippen LogP contribution in [0.15, 0.2) is 74.7 Å². The number of carbonyl (C=O) groups excluding carboxylic acids is 1. The Hall–Kier alpha value is -2.80. The number of furan rings is 1. The Balaban J connectivity index is 1.41. The molecule has 0 atom stereocenters. The van der Waals surface area contributed by atoms with Gasteiger partial charge in [-0.15, -0.1) is 0 Å². The number of ether oxygens (including phenoxy) is 1. The second-order valence-corrected chi connectivity index (χ2v) is 8.81. The highest BCUT2D eigenvalue weighted by molar-refractivity contribution is 9.10. The zero-order valence-corrected chi connectivity index (χ0v) is 20.0. The molecule has 0 radical (unpaired) electrons. The lowest BCUT2D eigenvalue weighted by Gasteiger charge is -2.11. The molecule has 0 spiro atoms. The van der Waals surface area contributed by atoms with E-state index in [1.165, 1.54) is 11.8 Å². The van der Waals surface area contributed by atoms with E-state index in [0.717, 1.165) is 15.4 Å². The van der Waals surface area contributed by atoms with Crippen LogP contribution in [0.5, 0.6) is 5.75 Å². The number of nitrogens with zero attached hydrogens (tertiary/aromatic N) is 1. The summed E-state index contributed by atoms with van der Waals surface area (Å²) < 4.78 is 12.2. The molecular formula is C24H17BrCl2N2O3. The Morgan fingerprint density at radius 1 is 1.09 bits per heavy atom. The highest BCUT2D eigenvalue weighted by atomic mass is 79.9. The number of rotatable bonds is 6. The third-order valence-electron chi connectivity index (χ3n) is 4.61. The van der Waals surface area contributed by atoms with Crippen molar-refractivity contribution in [3.05, 3.63) is 97.6 Å². The number of hydrogen-bond acceptors (Lipinski definition) is 4. The summed E-state index contributed by atoms with van der Waals surface area (Å²) in [6.07, 6.45) is 1.44. The SMILES string of the molecule is Cc1ccc(COc2c(Cl)cc(/C=N/NC(=O)c3cc4cc(Br)ccc4o3)cc2Cl)cc1. The standard InChI is InChI=1S/C24H17BrCl2N2O3/c1-14-2-4-15(5-3-14)13-31-23-19(26)8-16(9-20(23)27)12-28-29-24(30)22-11-17-10-18(25)6-7-21(17)32-22/h2-12H,13H2,1H3,(H,29,30)/b28-12+.